The molecule has 1 rings (SSSR count). The summed E-state index contributed by atoms with van der Waals surface area (Å²) in [7, 11) is 2.21. The smallest absolute Gasteiger partial charge is 0.0635 e. The van der Waals surface area contributed by atoms with E-state index in [-0.39, 0.29) is 11.1 Å². The van der Waals surface area contributed by atoms with Crippen molar-refractivity contribution in [2.24, 2.45) is 11.1 Å². The molecule has 3 heteroatoms. The highest BCUT2D eigenvalue weighted by molar-refractivity contribution is 5.89. The molecule has 3 atom stereocenters. The predicted octanol–water partition coefficient (Wildman–Crippen LogP) is 3.13. The Labute approximate surface area is 99.5 Å². The van der Waals surface area contributed by atoms with Gasteiger partial charge in [-0.15, -0.1) is 0 Å². The Bertz CT molecular complexity index is 290. The van der Waals surface area contributed by atoms with E-state index >= 15 is 0 Å². The summed E-state index contributed by atoms with van der Waals surface area (Å²) in [5.41, 5.74) is 1.15. The summed E-state index contributed by atoms with van der Waals surface area (Å²) in [6.45, 7) is 11.1. The standard InChI is InChI=1S/C13H26N2O/c1-7-12(4)9-11(14-16)10(3)13(5,8-2)15(12)6/h10,16H,7-9H2,1-6H3/b14-11-. The Hall–Kier alpha value is -0.570. The Morgan fingerprint density at radius 3 is 2.31 bits per heavy atom. The largest absolute Gasteiger partial charge is 0.411 e. The molecule has 1 fully saturated rings. The number of likely N-dealkylation sites (tertiary alicyclic amines) is 1. The van der Waals surface area contributed by atoms with Crippen LogP contribution in [0.25, 0.3) is 0 Å². The van der Waals surface area contributed by atoms with Crippen molar-refractivity contribution in [1.29, 1.82) is 0 Å². The molecule has 0 radical (unpaired) electrons. The first-order valence-electron chi connectivity index (χ1n) is 6.30. The highest BCUT2D eigenvalue weighted by Crippen LogP contribution is 2.42. The van der Waals surface area contributed by atoms with Crippen molar-refractivity contribution >= 4 is 5.71 Å². The fraction of sp³-hybridized carbons (Fsp3) is 0.923. The van der Waals surface area contributed by atoms with Crippen molar-refractivity contribution in [1.82, 2.24) is 4.90 Å². The third-order valence-corrected chi connectivity index (χ3v) is 5.18. The summed E-state index contributed by atoms with van der Waals surface area (Å²) >= 11 is 0. The van der Waals surface area contributed by atoms with Crippen molar-refractivity contribution in [3.8, 4) is 0 Å². The quantitative estimate of drug-likeness (QED) is 0.580. The Morgan fingerprint density at radius 2 is 1.94 bits per heavy atom. The fourth-order valence-electron chi connectivity index (χ4n) is 2.96. The van der Waals surface area contributed by atoms with Gasteiger partial charge in [0.25, 0.3) is 0 Å². The molecule has 0 saturated carbocycles. The van der Waals surface area contributed by atoms with E-state index in [1.807, 2.05) is 0 Å². The first kappa shape index (κ1) is 13.5. The SMILES string of the molecule is CCC1(C)C/C(=N/O)C(C)C(C)(CC)N1C. The van der Waals surface area contributed by atoms with Gasteiger partial charge in [0.2, 0.25) is 0 Å². The van der Waals surface area contributed by atoms with Crippen molar-refractivity contribution in [2.75, 3.05) is 7.05 Å². The van der Waals surface area contributed by atoms with Crippen LogP contribution in [0, 0.1) is 5.92 Å². The predicted molar refractivity (Wildman–Crippen MR) is 68.2 cm³/mol. The number of oxime groups is 1. The van der Waals surface area contributed by atoms with E-state index < -0.39 is 0 Å². The molecule has 1 N–H and O–H groups in total. The number of piperidine rings is 1. The van der Waals surface area contributed by atoms with Gasteiger partial charge in [-0.1, -0.05) is 25.9 Å². The van der Waals surface area contributed by atoms with Crippen LogP contribution in [0.1, 0.15) is 53.9 Å². The fourth-order valence-corrected chi connectivity index (χ4v) is 2.96. The molecule has 0 amide bonds. The number of hydrogen-bond acceptors (Lipinski definition) is 3. The third kappa shape index (κ3) is 1.75. The number of nitrogens with zero attached hydrogens (tertiary/aromatic N) is 2. The van der Waals surface area contributed by atoms with E-state index in [0.29, 0.717) is 5.92 Å². The molecule has 3 nitrogen and oxygen atoms in total. The lowest BCUT2D eigenvalue weighted by atomic mass is 9.69. The number of rotatable bonds is 2. The normalized spacial score (nSPS) is 43.9. The van der Waals surface area contributed by atoms with E-state index in [0.717, 1.165) is 25.0 Å². The van der Waals surface area contributed by atoms with Gasteiger partial charge in [0.15, 0.2) is 0 Å². The molecule has 1 aliphatic heterocycles. The van der Waals surface area contributed by atoms with E-state index in [4.69, 9.17) is 0 Å². The average Bonchev–Trinajstić information content (AvgIpc) is 2.31. The van der Waals surface area contributed by atoms with Crippen LogP contribution >= 0.6 is 0 Å². The van der Waals surface area contributed by atoms with E-state index in [1.165, 1.54) is 0 Å². The Kier molecular flexibility index (Phi) is 3.68. The molecule has 0 aromatic rings. The summed E-state index contributed by atoms with van der Waals surface area (Å²) in [6.07, 6.45) is 3.01. The second-order valence-electron chi connectivity index (χ2n) is 5.61. The first-order chi connectivity index (χ1) is 7.35. The molecule has 1 aliphatic rings. The van der Waals surface area contributed by atoms with Crippen LogP contribution in [0.4, 0.5) is 0 Å². The van der Waals surface area contributed by atoms with Gasteiger partial charge in [-0.25, -0.2) is 0 Å². The van der Waals surface area contributed by atoms with Gasteiger partial charge in [-0.05, 0) is 33.7 Å². The maximum Gasteiger partial charge on any atom is 0.0635 e. The molecule has 0 bridgehead atoms. The molecule has 1 saturated heterocycles. The summed E-state index contributed by atoms with van der Waals surface area (Å²) in [6, 6.07) is 0. The minimum atomic E-state index is 0.0879. The lowest BCUT2D eigenvalue weighted by Crippen LogP contribution is -2.65. The van der Waals surface area contributed by atoms with Gasteiger partial charge >= 0.3 is 0 Å². The van der Waals surface area contributed by atoms with Gasteiger partial charge in [-0.3, -0.25) is 4.90 Å². The maximum absolute atomic E-state index is 9.17. The number of hydrogen-bond donors (Lipinski definition) is 1. The van der Waals surface area contributed by atoms with E-state index in [1.54, 1.807) is 0 Å². The van der Waals surface area contributed by atoms with E-state index in [9.17, 15) is 5.21 Å². The van der Waals surface area contributed by atoms with Gasteiger partial charge in [0.05, 0.1) is 5.71 Å². The molecule has 1 heterocycles. The molecular weight excluding hydrogens is 200 g/mol. The lowest BCUT2D eigenvalue weighted by molar-refractivity contribution is -0.0176. The zero-order valence-corrected chi connectivity index (χ0v) is 11.5. The van der Waals surface area contributed by atoms with Crippen molar-refractivity contribution < 1.29 is 5.21 Å². The molecule has 94 valence electrons. The van der Waals surface area contributed by atoms with Gasteiger partial charge in [0, 0.05) is 23.4 Å². The van der Waals surface area contributed by atoms with Crippen LogP contribution in [0.3, 0.4) is 0 Å². The average molecular weight is 226 g/mol. The monoisotopic (exact) mass is 226 g/mol. The third-order valence-electron chi connectivity index (χ3n) is 5.18. The van der Waals surface area contributed by atoms with Crippen molar-refractivity contribution in [3.63, 3.8) is 0 Å². The van der Waals surface area contributed by atoms with Gasteiger partial charge < -0.3 is 5.21 Å². The second kappa shape index (κ2) is 4.36. The molecule has 0 aromatic heterocycles. The molecule has 0 aliphatic carbocycles. The highest BCUT2D eigenvalue weighted by atomic mass is 16.4. The summed E-state index contributed by atoms with van der Waals surface area (Å²) in [5.74, 6) is 0.312. The Morgan fingerprint density at radius 1 is 1.38 bits per heavy atom. The summed E-state index contributed by atoms with van der Waals surface area (Å²) in [4.78, 5) is 2.49. The molecule has 0 spiro atoms. The van der Waals surface area contributed by atoms with Crippen molar-refractivity contribution in [2.45, 2.75) is 65.0 Å². The van der Waals surface area contributed by atoms with Crippen molar-refractivity contribution in [3.05, 3.63) is 0 Å². The van der Waals surface area contributed by atoms with Crippen LogP contribution in [0.15, 0.2) is 5.16 Å². The topological polar surface area (TPSA) is 35.8 Å². The van der Waals surface area contributed by atoms with Crippen LogP contribution in [-0.2, 0) is 0 Å². The highest BCUT2D eigenvalue weighted by Gasteiger charge is 2.49. The minimum absolute atomic E-state index is 0.0879. The van der Waals surface area contributed by atoms with Crippen LogP contribution in [0.5, 0.6) is 0 Å². The lowest BCUT2D eigenvalue weighted by Gasteiger charge is -2.56. The van der Waals surface area contributed by atoms with Gasteiger partial charge in [-0.2, -0.15) is 0 Å². The zero-order valence-electron chi connectivity index (χ0n) is 11.5. The zero-order chi connectivity index (χ0) is 12.6. The van der Waals surface area contributed by atoms with E-state index in [2.05, 4.69) is 51.7 Å². The van der Waals surface area contributed by atoms with Crippen LogP contribution in [0.2, 0.25) is 0 Å². The second-order valence-corrected chi connectivity index (χ2v) is 5.61. The summed E-state index contributed by atoms with van der Waals surface area (Å²) < 4.78 is 0. The molecule has 3 unspecified atom stereocenters. The van der Waals surface area contributed by atoms with Crippen LogP contribution in [-0.4, -0.2) is 33.9 Å². The first-order valence-corrected chi connectivity index (χ1v) is 6.30. The molecular formula is C13H26N2O. The molecule has 0 aromatic carbocycles. The minimum Gasteiger partial charge on any atom is -0.411 e. The van der Waals surface area contributed by atoms with Crippen LogP contribution < -0.4 is 0 Å². The Balaban J connectivity index is 3.18. The molecule has 16 heavy (non-hydrogen) atoms. The maximum atomic E-state index is 9.17. The van der Waals surface area contributed by atoms with Gasteiger partial charge in [0.1, 0.15) is 0 Å². The summed E-state index contributed by atoms with van der Waals surface area (Å²) in [5, 5.41) is 12.7.